The number of Topliss-reactive ketones (excluding diaryl/α,β-unsaturated/α-hetero) is 1. The highest BCUT2D eigenvalue weighted by Gasteiger charge is 2.33. The molecule has 1 aliphatic carbocycles. The zero-order chi connectivity index (χ0) is 22.2. The van der Waals surface area contributed by atoms with Gasteiger partial charge in [0.05, 0.1) is 17.1 Å². The van der Waals surface area contributed by atoms with Gasteiger partial charge in [0.1, 0.15) is 23.3 Å². The zero-order valence-corrected chi connectivity index (χ0v) is 18.7. The SMILES string of the molecule is CN1C(=C(C#N)C(=O)CSc2nnc(C3CC3)n2-c2ccccc2)N(C)c2ccccc21. The number of allylic oxidation sites excluding steroid dienone is 1. The fourth-order valence-corrected chi connectivity index (χ4v) is 4.89. The van der Waals surface area contributed by atoms with E-state index in [0.717, 1.165) is 35.7 Å². The Morgan fingerprint density at radius 2 is 1.66 bits per heavy atom. The molecule has 0 radical (unpaired) electrons. The Balaban J connectivity index is 1.42. The van der Waals surface area contributed by atoms with Crippen molar-refractivity contribution in [3.8, 4) is 11.8 Å². The molecule has 0 atom stereocenters. The Hall–Kier alpha value is -3.57. The van der Waals surface area contributed by atoms with Gasteiger partial charge in [-0.1, -0.05) is 42.1 Å². The van der Waals surface area contributed by atoms with Gasteiger partial charge < -0.3 is 9.80 Å². The van der Waals surface area contributed by atoms with Gasteiger partial charge in [-0.25, -0.2) is 0 Å². The first-order valence-electron chi connectivity index (χ1n) is 10.5. The summed E-state index contributed by atoms with van der Waals surface area (Å²) in [5, 5.41) is 19.3. The standard InChI is InChI=1S/C24H22N6OS/c1-28-19-10-6-7-11-20(19)29(2)23(28)18(14-25)21(31)15-32-24-27-26-22(16-12-13-16)30(24)17-8-4-3-5-9-17/h3-11,16H,12-13,15H2,1-2H3. The number of aromatic nitrogens is 3. The van der Waals surface area contributed by atoms with Gasteiger partial charge in [0.15, 0.2) is 10.9 Å². The number of fused-ring (bicyclic) bond motifs is 1. The molecule has 1 saturated carbocycles. The molecule has 0 unspecified atom stereocenters. The van der Waals surface area contributed by atoms with Crippen LogP contribution in [0.2, 0.25) is 0 Å². The number of para-hydroxylation sites is 3. The number of benzene rings is 2. The Bertz CT molecular complexity index is 1220. The summed E-state index contributed by atoms with van der Waals surface area (Å²) in [5.74, 6) is 1.84. The Labute approximate surface area is 191 Å². The quantitative estimate of drug-likeness (QED) is 0.323. The van der Waals surface area contributed by atoms with Crippen LogP contribution in [0.3, 0.4) is 0 Å². The molecule has 2 aliphatic rings. The second-order valence-electron chi connectivity index (χ2n) is 7.92. The second kappa shape index (κ2) is 8.17. The number of anilines is 2. The van der Waals surface area contributed by atoms with Gasteiger partial charge in [0.2, 0.25) is 0 Å². The topological polar surface area (TPSA) is 78.0 Å². The van der Waals surface area contributed by atoms with Crippen molar-refractivity contribution in [1.82, 2.24) is 14.8 Å². The molecule has 2 heterocycles. The average molecular weight is 443 g/mol. The van der Waals surface area contributed by atoms with Crippen molar-refractivity contribution in [2.75, 3.05) is 29.6 Å². The third-order valence-corrected chi connectivity index (χ3v) is 6.73. The summed E-state index contributed by atoms with van der Waals surface area (Å²) in [6.07, 6.45) is 2.22. The molecule has 32 heavy (non-hydrogen) atoms. The van der Waals surface area contributed by atoms with Gasteiger partial charge in [0, 0.05) is 25.7 Å². The first-order valence-corrected chi connectivity index (χ1v) is 11.5. The lowest BCUT2D eigenvalue weighted by molar-refractivity contribution is -0.112. The fourth-order valence-electron chi connectivity index (χ4n) is 4.06. The first kappa shape index (κ1) is 20.3. The maximum atomic E-state index is 13.2. The van der Waals surface area contributed by atoms with Crippen LogP contribution in [0.4, 0.5) is 11.4 Å². The van der Waals surface area contributed by atoms with Gasteiger partial charge in [0.25, 0.3) is 0 Å². The van der Waals surface area contributed by atoms with Gasteiger partial charge in [-0.15, -0.1) is 10.2 Å². The van der Waals surface area contributed by atoms with Crippen LogP contribution in [0.1, 0.15) is 24.6 Å². The van der Waals surface area contributed by atoms with Crippen molar-refractivity contribution in [3.05, 3.63) is 71.8 Å². The van der Waals surface area contributed by atoms with Crippen LogP contribution < -0.4 is 9.80 Å². The highest BCUT2D eigenvalue weighted by molar-refractivity contribution is 7.99. The van der Waals surface area contributed by atoms with Crippen LogP contribution in [-0.4, -0.2) is 40.4 Å². The summed E-state index contributed by atoms with van der Waals surface area (Å²) in [6.45, 7) is 0. The Kier molecular flexibility index (Phi) is 5.19. The third kappa shape index (κ3) is 3.45. The van der Waals surface area contributed by atoms with E-state index < -0.39 is 0 Å². The molecule has 160 valence electrons. The van der Waals surface area contributed by atoms with E-state index in [9.17, 15) is 10.1 Å². The van der Waals surface area contributed by atoms with Gasteiger partial charge in [-0.3, -0.25) is 9.36 Å². The maximum absolute atomic E-state index is 13.2. The van der Waals surface area contributed by atoms with Crippen LogP contribution in [-0.2, 0) is 4.79 Å². The number of carbonyl (C=O) groups excluding carboxylic acids is 1. The molecule has 1 aliphatic heterocycles. The number of rotatable bonds is 6. The van der Waals surface area contributed by atoms with Crippen molar-refractivity contribution in [2.24, 2.45) is 0 Å². The monoisotopic (exact) mass is 442 g/mol. The molecule has 1 fully saturated rings. The molecule has 2 aromatic carbocycles. The molecule has 0 N–H and O–H groups in total. The molecule has 8 heteroatoms. The summed E-state index contributed by atoms with van der Waals surface area (Å²) in [7, 11) is 3.76. The van der Waals surface area contributed by atoms with Gasteiger partial charge >= 0.3 is 0 Å². The minimum absolute atomic E-state index is 0.111. The first-order chi connectivity index (χ1) is 15.6. The number of thioether (sulfide) groups is 1. The highest BCUT2D eigenvalue weighted by Crippen LogP contribution is 2.42. The molecule has 0 amide bonds. The van der Waals surface area contributed by atoms with E-state index in [4.69, 9.17) is 0 Å². The molecular formula is C24H22N6OS. The lowest BCUT2D eigenvalue weighted by atomic mass is 10.2. The Morgan fingerprint density at radius 3 is 2.25 bits per heavy atom. The van der Waals surface area contributed by atoms with E-state index in [1.54, 1.807) is 0 Å². The summed E-state index contributed by atoms with van der Waals surface area (Å²) >= 11 is 1.32. The number of hydrogen-bond donors (Lipinski definition) is 0. The molecule has 0 saturated heterocycles. The van der Waals surface area contributed by atoms with Crippen LogP contribution in [0.5, 0.6) is 0 Å². The third-order valence-electron chi connectivity index (χ3n) is 5.80. The maximum Gasteiger partial charge on any atom is 0.196 e. The van der Waals surface area contributed by atoms with E-state index >= 15 is 0 Å². The average Bonchev–Trinajstić information content (AvgIpc) is 3.54. The summed E-state index contributed by atoms with van der Waals surface area (Å²) < 4.78 is 2.04. The van der Waals surface area contributed by atoms with Crippen LogP contribution in [0.25, 0.3) is 5.69 Å². The van der Waals surface area contributed by atoms with Crippen LogP contribution in [0.15, 0.2) is 71.1 Å². The predicted octanol–water partition coefficient (Wildman–Crippen LogP) is 4.13. The van der Waals surface area contributed by atoms with E-state index in [0.29, 0.717) is 16.9 Å². The van der Waals surface area contributed by atoms with Crippen molar-refractivity contribution in [1.29, 1.82) is 5.26 Å². The van der Waals surface area contributed by atoms with E-state index in [2.05, 4.69) is 16.3 Å². The molecule has 5 rings (SSSR count). The number of nitrogens with zero attached hydrogens (tertiary/aromatic N) is 6. The Morgan fingerprint density at radius 1 is 1.03 bits per heavy atom. The van der Waals surface area contributed by atoms with Crippen molar-refractivity contribution >= 4 is 28.9 Å². The summed E-state index contributed by atoms with van der Waals surface area (Å²) in [5.41, 5.74) is 3.07. The van der Waals surface area contributed by atoms with Crippen LogP contribution in [0, 0.1) is 11.3 Å². The normalized spacial score (nSPS) is 15.0. The second-order valence-corrected chi connectivity index (χ2v) is 8.86. The van der Waals surface area contributed by atoms with Crippen molar-refractivity contribution < 1.29 is 4.79 Å². The molecule has 3 aromatic rings. The number of carbonyl (C=O) groups is 1. The number of nitriles is 1. The molecule has 0 bridgehead atoms. The minimum Gasteiger partial charge on any atom is -0.328 e. The van der Waals surface area contributed by atoms with E-state index in [-0.39, 0.29) is 17.1 Å². The van der Waals surface area contributed by atoms with Crippen LogP contribution >= 0.6 is 11.8 Å². The summed E-state index contributed by atoms with van der Waals surface area (Å²) in [6, 6.07) is 20.0. The molecule has 1 aromatic heterocycles. The van der Waals surface area contributed by atoms with Gasteiger partial charge in [-0.2, -0.15) is 5.26 Å². The number of ketones is 1. The molecule has 0 spiro atoms. The number of hydrogen-bond acceptors (Lipinski definition) is 7. The largest absolute Gasteiger partial charge is 0.328 e. The van der Waals surface area contributed by atoms with Crippen molar-refractivity contribution in [3.63, 3.8) is 0 Å². The van der Waals surface area contributed by atoms with E-state index in [1.807, 2.05) is 83.1 Å². The summed E-state index contributed by atoms with van der Waals surface area (Å²) in [4.78, 5) is 17.0. The highest BCUT2D eigenvalue weighted by atomic mass is 32.2. The lowest BCUT2D eigenvalue weighted by Gasteiger charge is -2.19. The fraction of sp³-hybridized carbons (Fsp3) is 0.250. The van der Waals surface area contributed by atoms with Gasteiger partial charge in [-0.05, 0) is 37.1 Å². The lowest BCUT2D eigenvalue weighted by Crippen LogP contribution is -2.26. The van der Waals surface area contributed by atoms with Crippen molar-refractivity contribution in [2.45, 2.75) is 23.9 Å². The molecular weight excluding hydrogens is 420 g/mol. The van der Waals surface area contributed by atoms with E-state index in [1.165, 1.54) is 11.8 Å². The smallest absolute Gasteiger partial charge is 0.196 e. The minimum atomic E-state index is -0.227. The predicted molar refractivity (Wildman–Crippen MR) is 125 cm³/mol. The zero-order valence-electron chi connectivity index (χ0n) is 17.9. The molecule has 7 nitrogen and oxygen atoms in total.